The predicted octanol–water partition coefficient (Wildman–Crippen LogP) is 6.35. The summed E-state index contributed by atoms with van der Waals surface area (Å²) in [6, 6.07) is 14.6. The van der Waals surface area contributed by atoms with Crippen LogP contribution >= 0.6 is 11.3 Å². The van der Waals surface area contributed by atoms with Crippen molar-refractivity contribution in [2.24, 2.45) is 0 Å². The van der Waals surface area contributed by atoms with Gasteiger partial charge in [0.25, 0.3) is 0 Å². The van der Waals surface area contributed by atoms with E-state index in [9.17, 15) is 9.59 Å². The summed E-state index contributed by atoms with van der Waals surface area (Å²) in [6.07, 6.45) is -0.346. The van der Waals surface area contributed by atoms with Crippen molar-refractivity contribution in [1.29, 1.82) is 0 Å². The lowest BCUT2D eigenvalue weighted by Crippen LogP contribution is -2.33. The first kappa shape index (κ1) is 24.4. The van der Waals surface area contributed by atoms with E-state index in [0.717, 1.165) is 44.4 Å². The fourth-order valence-electron chi connectivity index (χ4n) is 4.10. The molecule has 0 unspecified atom stereocenters. The molecule has 0 aliphatic heterocycles. The molecular formula is C28H28N2O4S. The molecule has 0 spiro atoms. The first-order valence-electron chi connectivity index (χ1n) is 11.4. The van der Waals surface area contributed by atoms with Gasteiger partial charge in [-0.3, -0.25) is 0 Å². The number of aryl methyl sites for hydroxylation is 1. The Labute approximate surface area is 208 Å². The normalized spacial score (nSPS) is 11.3. The summed E-state index contributed by atoms with van der Waals surface area (Å²) in [5, 5.41) is 12.9. The number of thiophene rings is 1. The summed E-state index contributed by atoms with van der Waals surface area (Å²) in [6.45, 7) is 8.98. The summed E-state index contributed by atoms with van der Waals surface area (Å²) in [7, 11) is 1.75. The van der Waals surface area contributed by atoms with Crippen molar-refractivity contribution in [3.05, 3.63) is 59.0 Å². The van der Waals surface area contributed by atoms with Gasteiger partial charge in [-0.05, 0) is 63.1 Å². The van der Waals surface area contributed by atoms with Crippen molar-refractivity contribution in [2.45, 2.75) is 46.4 Å². The molecular weight excluding hydrogens is 460 g/mol. The van der Waals surface area contributed by atoms with Gasteiger partial charge in [0, 0.05) is 63.7 Å². The second-order valence-electron chi connectivity index (χ2n) is 9.42. The molecule has 0 saturated heterocycles. The number of fused-ring (bicyclic) bond motifs is 3. The Kier molecular flexibility index (Phi) is 6.60. The molecule has 35 heavy (non-hydrogen) atoms. The number of hydrogen-bond acceptors (Lipinski definition) is 4. The zero-order valence-corrected chi connectivity index (χ0v) is 21.3. The maximum Gasteiger partial charge on any atom is 0.410 e. The second kappa shape index (κ2) is 9.47. The van der Waals surface area contributed by atoms with E-state index in [-0.39, 0.29) is 6.09 Å². The Balaban J connectivity index is 1.69. The van der Waals surface area contributed by atoms with Gasteiger partial charge in [-0.15, -0.1) is 11.3 Å². The van der Waals surface area contributed by atoms with Gasteiger partial charge in [-0.25, -0.2) is 9.59 Å². The standard InChI is InChI=1S/C28H28N2O4S/c1-6-30-23-11-7-18(16-29(5)27(33)34-28(2,3)4)13-22(23)21-10-9-20(15-24(21)30)25-14-19(17-35-25)8-12-26(31)32/h7,9-11,13-15,17H,6,16H2,1-5H3,(H,31,32). The van der Waals surface area contributed by atoms with Gasteiger partial charge < -0.3 is 19.3 Å². The van der Waals surface area contributed by atoms with Crippen LogP contribution < -0.4 is 0 Å². The largest absolute Gasteiger partial charge is 0.472 e. The van der Waals surface area contributed by atoms with Crippen molar-refractivity contribution in [1.82, 2.24) is 9.47 Å². The molecule has 4 aromatic rings. The van der Waals surface area contributed by atoms with E-state index in [0.29, 0.717) is 12.1 Å². The zero-order valence-electron chi connectivity index (χ0n) is 20.5. The highest BCUT2D eigenvalue weighted by molar-refractivity contribution is 7.13. The smallest absolute Gasteiger partial charge is 0.410 e. The first-order valence-corrected chi connectivity index (χ1v) is 12.3. The number of ether oxygens (including phenoxy) is 1. The summed E-state index contributed by atoms with van der Waals surface area (Å²) in [5.74, 6) is 3.71. The van der Waals surface area contributed by atoms with E-state index in [1.807, 2.05) is 32.2 Å². The second-order valence-corrected chi connectivity index (χ2v) is 10.3. The lowest BCUT2D eigenvalue weighted by Gasteiger charge is -2.24. The van der Waals surface area contributed by atoms with Crippen LogP contribution in [0, 0.1) is 11.8 Å². The average Bonchev–Trinajstić information content (AvgIpc) is 3.38. The van der Waals surface area contributed by atoms with E-state index in [2.05, 4.69) is 59.7 Å². The quantitative estimate of drug-likeness (QED) is 0.340. The first-order chi connectivity index (χ1) is 16.6. The number of carboxylic acid groups (broad SMARTS) is 1. The topological polar surface area (TPSA) is 71.8 Å². The highest BCUT2D eigenvalue weighted by Crippen LogP contribution is 2.35. The molecule has 180 valence electrons. The fraction of sp³-hybridized carbons (Fsp3) is 0.286. The highest BCUT2D eigenvalue weighted by Gasteiger charge is 2.20. The van der Waals surface area contributed by atoms with Crippen molar-refractivity contribution in [2.75, 3.05) is 7.05 Å². The van der Waals surface area contributed by atoms with Crippen molar-refractivity contribution < 1.29 is 19.4 Å². The predicted molar refractivity (Wildman–Crippen MR) is 141 cm³/mol. The molecule has 2 heterocycles. The van der Waals surface area contributed by atoms with Crippen LogP contribution in [0.25, 0.3) is 32.2 Å². The molecule has 2 aromatic heterocycles. The number of nitrogens with zero attached hydrogens (tertiary/aromatic N) is 2. The SMILES string of the molecule is CCn1c2ccc(CN(C)C(=O)OC(C)(C)C)cc2c2ccc(-c3cc(C#CC(=O)O)cs3)cc21. The molecule has 2 aromatic carbocycles. The molecule has 6 nitrogen and oxygen atoms in total. The van der Waals surface area contributed by atoms with Crippen molar-refractivity contribution in [3.63, 3.8) is 0 Å². The van der Waals surface area contributed by atoms with E-state index in [4.69, 9.17) is 9.84 Å². The van der Waals surface area contributed by atoms with Crippen LogP contribution in [0.1, 0.15) is 38.8 Å². The molecule has 0 radical (unpaired) electrons. The molecule has 0 atom stereocenters. The minimum atomic E-state index is -1.14. The molecule has 7 heteroatoms. The maximum absolute atomic E-state index is 12.4. The van der Waals surface area contributed by atoms with Crippen LogP contribution in [0.2, 0.25) is 0 Å². The van der Waals surface area contributed by atoms with Gasteiger partial charge in [0.2, 0.25) is 0 Å². The molecule has 0 saturated carbocycles. The Bertz CT molecular complexity index is 1490. The monoisotopic (exact) mass is 488 g/mol. The third-order valence-electron chi connectivity index (χ3n) is 5.57. The lowest BCUT2D eigenvalue weighted by atomic mass is 10.1. The lowest BCUT2D eigenvalue weighted by molar-refractivity contribution is -0.130. The van der Waals surface area contributed by atoms with Crippen LogP contribution in [0.3, 0.4) is 0 Å². The number of aromatic nitrogens is 1. The third kappa shape index (κ3) is 5.33. The number of rotatable bonds is 4. The van der Waals surface area contributed by atoms with Crippen LogP contribution in [-0.2, 0) is 22.6 Å². The average molecular weight is 489 g/mol. The van der Waals surface area contributed by atoms with Gasteiger partial charge in [-0.1, -0.05) is 24.1 Å². The summed E-state index contributed by atoms with van der Waals surface area (Å²) >= 11 is 1.54. The van der Waals surface area contributed by atoms with Gasteiger partial charge in [0.15, 0.2) is 0 Å². The Hall–Kier alpha value is -3.76. The molecule has 1 amide bonds. The number of aliphatic carboxylic acids is 1. The van der Waals surface area contributed by atoms with Gasteiger partial charge >= 0.3 is 12.1 Å². The minimum Gasteiger partial charge on any atom is -0.472 e. The fourth-order valence-corrected chi connectivity index (χ4v) is 4.94. The summed E-state index contributed by atoms with van der Waals surface area (Å²) < 4.78 is 7.77. The molecule has 0 aliphatic rings. The number of benzene rings is 2. The zero-order chi connectivity index (χ0) is 25.3. The van der Waals surface area contributed by atoms with Crippen molar-refractivity contribution >= 4 is 45.2 Å². The van der Waals surface area contributed by atoms with Gasteiger partial charge in [0.05, 0.1) is 0 Å². The Morgan fingerprint density at radius 2 is 1.86 bits per heavy atom. The Morgan fingerprint density at radius 1 is 1.09 bits per heavy atom. The summed E-state index contributed by atoms with van der Waals surface area (Å²) in [4.78, 5) is 25.7. The van der Waals surface area contributed by atoms with E-state index in [1.54, 1.807) is 23.3 Å². The van der Waals surface area contributed by atoms with Crippen molar-refractivity contribution in [3.8, 4) is 22.3 Å². The van der Waals surface area contributed by atoms with Gasteiger partial charge in [-0.2, -0.15) is 0 Å². The molecule has 0 bridgehead atoms. The molecule has 0 aliphatic carbocycles. The van der Waals surface area contributed by atoms with E-state index < -0.39 is 11.6 Å². The molecule has 1 N–H and O–H groups in total. The maximum atomic E-state index is 12.4. The number of carboxylic acids is 1. The number of amides is 1. The molecule has 4 rings (SSSR count). The number of carbonyl (C=O) groups excluding carboxylic acids is 1. The van der Waals surface area contributed by atoms with Crippen LogP contribution in [0.5, 0.6) is 0 Å². The Morgan fingerprint density at radius 3 is 2.54 bits per heavy atom. The number of carbonyl (C=O) groups is 2. The third-order valence-corrected chi connectivity index (χ3v) is 6.55. The molecule has 0 fully saturated rings. The van der Waals surface area contributed by atoms with Crippen LogP contribution in [0.15, 0.2) is 47.8 Å². The minimum absolute atomic E-state index is 0.346. The van der Waals surface area contributed by atoms with E-state index in [1.165, 1.54) is 0 Å². The summed E-state index contributed by atoms with van der Waals surface area (Å²) in [5.41, 5.74) is 4.53. The highest BCUT2D eigenvalue weighted by atomic mass is 32.1. The van der Waals surface area contributed by atoms with Crippen LogP contribution in [0.4, 0.5) is 4.79 Å². The number of hydrogen-bond donors (Lipinski definition) is 1. The van der Waals surface area contributed by atoms with Gasteiger partial charge in [0.1, 0.15) is 5.60 Å². The van der Waals surface area contributed by atoms with E-state index >= 15 is 0 Å². The van der Waals surface area contributed by atoms with Crippen LogP contribution in [-0.4, -0.2) is 39.3 Å².